The lowest BCUT2D eigenvalue weighted by molar-refractivity contribution is -0.870. The molecular weight excluding hydrogens is 1130 g/mol. The maximum atomic E-state index is 12.9. The van der Waals surface area contributed by atoms with Crippen molar-refractivity contribution in [1.82, 2.24) is 0 Å². The Labute approximate surface area is 553 Å². The van der Waals surface area contributed by atoms with E-state index in [1.54, 1.807) is 0 Å². The largest absolute Gasteiger partial charge is 0.756 e. The van der Waals surface area contributed by atoms with Crippen LogP contribution in [0, 0.1) is 0 Å². The van der Waals surface area contributed by atoms with Gasteiger partial charge in [-0.3, -0.25) is 14.2 Å². The van der Waals surface area contributed by atoms with E-state index < -0.39 is 32.5 Å². The Morgan fingerprint density at radius 3 is 0.889 bits per heavy atom. The highest BCUT2D eigenvalue weighted by Gasteiger charge is 2.22. The predicted molar refractivity (Wildman–Crippen MR) is 387 cm³/mol. The molecule has 0 aromatic carbocycles. The van der Waals surface area contributed by atoms with Crippen LogP contribution in [-0.2, 0) is 32.7 Å². The summed E-state index contributed by atoms with van der Waals surface area (Å²) in [4.78, 5) is 38.1. The third-order valence-electron chi connectivity index (χ3n) is 14.7. The molecule has 0 radical (unpaired) electrons. The van der Waals surface area contributed by atoms with Gasteiger partial charge in [0.2, 0.25) is 0 Å². The van der Waals surface area contributed by atoms with Crippen LogP contribution >= 0.6 is 7.82 Å². The summed E-state index contributed by atoms with van der Waals surface area (Å²) in [5.74, 6) is -0.856. The Bertz CT molecular complexity index is 2130. The number of hydrogen-bond acceptors (Lipinski definition) is 8. The van der Waals surface area contributed by atoms with E-state index in [1.165, 1.54) is 89.9 Å². The number of phosphoric acid groups is 1. The number of hydrogen-bond donors (Lipinski definition) is 0. The molecule has 0 rings (SSSR count). The summed E-state index contributed by atoms with van der Waals surface area (Å²) in [7, 11) is 1.14. The molecule has 0 saturated heterocycles. The van der Waals surface area contributed by atoms with Crippen molar-refractivity contribution in [2.24, 2.45) is 0 Å². The minimum atomic E-state index is -4.66. The second-order valence-electron chi connectivity index (χ2n) is 24.5. The van der Waals surface area contributed by atoms with E-state index in [-0.39, 0.29) is 26.1 Å². The van der Waals surface area contributed by atoms with Crippen LogP contribution in [0.25, 0.3) is 0 Å². The zero-order chi connectivity index (χ0) is 65.5. The molecule has 0 aromatic rings. The molecule has 0 aromatic heterocycles. The number of unbranched alkanes of at least 4 members (excludes halogenated alkanes) is 22. The van der Waals surface area contributed by atoms with Gasteiger partial charge in [0, 0.05) is 12.8 Å². The molecule has 510 valence electrons. The second-order valence-corrected chi connectivity index (χ2v) is 25.9. The number of rotatable bonds is 64. The smallest absolute Gasteiger partial charge is 0.306 e. The molecular formula is C80H132NO8P. The van der Waals surface area contributed by atoms with Crippen molar-refractivity contribution in [3.8, 4) is 0 Å². The molecule has 0 amide bonds. The van der Waals surface area contributed by atoms with Crippen molar-refractivity contribution in [2.75, 3.05) is 47.5 Å². The van der Waals surface area contributed by atoms with Gasteiger partial charge in [0.25, 0.3) is 7.82 Å². The molecule has 9 nitrogen and oxygen atoms in total. The van der Waals surface area contributed by atoms with Crippen molar-refractivity contribution in [3.63, 3.8) is 0 Å². The summed E-state index contributed by atoms with van der Waals surface area (Å²) in [5, 5.41) is 0. The zero-order valence-electron chi connectivity index (χ0n) is 58.0. The average Bonchev–Trinajstić information content (AvgIpc) is 3.58. The van der Waals surface area contributed by atoms with Gasteiger partial charge in [0.1, 0.15) is 19.8 Å². The number of carbonyl (C=O) groups is 2. The van der Waals surface area contributed by atoms with Crippen molar-refractivity contribution >= 4 is 19.8 Å². The average molecular weight is 1270 g/mol. The summed E-state index contributed by atoms with van der Waals surface area (Å²) in [6, 6.07) is 0. The van der Waals surface area contributed by atoms with Crippen LogP contribution in [-0.4, -0.2) is 70.0 Å². The van der Waals surface area contributed by atoms with Crippen LogP contribution in [0.5, 0.6) is 0 Å². The first kappa shape index (κ1) is 85.4. The summed E-state index contributed by atoms with van der Waals surface area (Å²) in [5.41, 5.74) is 0. The van der Waals surface area contributed by atoms with E-state index in [0.717, 1.165) is 148 Å². The summed E-state index contributed by atoms with van der Waals surface area (Å²) in [6.07, 6.45) is 104. The third kappa shape index (κ3) is 72.4. The molecule has 90 heavy (non-hydrogen) atoms. The Morgan fingerprint density at radius 1 is 0.344 bits per heavy atom. The quantitative estimate of drug-likeness (QED) is 0.0195. The molecule has 0 bridgehead atoms. The van der Waals surface area contributed by atoms with Crippen LogP contribution < -0.4 is 4.89 Å². The molecule has 0 saturated carbocycles. The number of phosphoric ester groups is 1. The van der Waals surface area contributed by atoms with Crippen LogP contribution in [0.1, 0.15) is 271 Å². The van der Waals surface area contributed by atoms with Crippen LogP contribution in [0.4, 0.5) is 0 Å². The van der Waals surface area contributed by atoms with Gasteiger partial charge < -0.3 is 27.9 Å². The number of carbonyl (C=O) groups excluding carboxylic acids is 2. The highest BCUT2D eigenvalue weighted by atomic mass is 31.2. The monoisotopic (exact) mass is 1270 g/mol. The number of likely N-dealkylation sites (N-methyl/N-ethyl adjacent to an activating group) is 1. The predicted octanol–water partition coefficient (Wildman–Crippen LogP) is 23.1. The van der Waals surface area contributed by atoms with E-state index >= 15 is 0 Å². The van der Waals surface area contributed by atoms with Crippen molar-refractivity contribution < 1.29 is 42.1 Å². The maximum absolute atomic E-state index is 12.9. The number of quaternary nitrogens is 1. The number of ether oxygens (including phenoxy) is 2. The molecule has 10 heteroatoms. The van der Waals surface area contributed by atoms with Crippen LogP contribution in [0.3, 0.4) is 0 Å². The highest BCUT2D eigenvalue weighted by Crippen LogP contribution is 2.38. The van der Waals surface area contributed by atoms with E-state index in [9.17, 15) is 19.0 Å². The number of allylic oxidation sites excluding steroid dienone is 28. The Kier molecular flexibility index (Phi) is 65.2. The molecule has 0 N–H and O–H groups in total. The fraction of sp³-hybridized carbons (Fsp3) is 0.625. The maximum Gasteiger partial charge on any atom is 0.306 e. The van der Waals surface area contributed by atoms with Crippen molar-refractivity contribution in [3.05, 3.63) is 170 Å². The molecule has 0 fully saturated rings. The lowest BCUT2D eigenvalue weighted by Crippen LogP contribution is -2.37. The van der Waals surface area contributed by atoms with Gasteiger partial charge in [-0.1, -0.05) is 300 Å². The minimum Gasteiger partial charge on any atom is -0.756 e. The van der Waals surface area contributed by atoms with Gasteiger partial charge in [0.05, 0.1) is 27.7 Å². The molecule has 0 aliphatic heterocycles. The van der Waals surface area contributed by atoms with Gasteiger partial charge in [-0.2, -0.15) is 0 Å². The first-order valence-corrected chi connectivity index (χ1v) is 37.3. The lowest BCUT2D eigenvalue weighted by atomic mass is 10.0. The van der Waals surface area contributed by atoms with Crippen molar-refractivity contribution in [2.45, 2.75) is 277 Å². The fourth-order valence-corrected chi connectivity index (χ4v) is 10.1. The van der Waals surface area contributed by atoms with Gasteiger partial charge in [0.15, 0.2) is 6.10 Å². The Balaban J connectivity index is 4.11. The van der Waals surface area contributed by atoms with E-state index in [0.29, 0.717) is 17.4 Å². The normalized spacial score (nSPS) is 14.2. The summed E-state index contributed by atoms with van der Waals surface area (Å²) >= 11 is 0. The van der Waals surface area contributed by atoms with E-state index in [2.05, 4.69) is 184 Å². The number of esters is 2. The van der Waals surface area contributed by atoms with Gasteiger partial charge in [-0.05, 0) is 128 Å². The summed E-state index contributed by atoms with van der Waals surface area (Å²) < 4.78 is 34.3. The first-order valence-electron chi connectivity index (χ1n) is 35.8. The second kappa shape index (κ2) is 68.7. The van der Waals surface area contributed by atoms with Crippen molar-refractivity contribution in [1.29, 1.82) is 0 Å². The molecule has 0 aliphatic rings. The Hall–Kier alpha value is -4.63. The fourth-order valence-electron chi connectivity index (χ4n) is 9.32. The van der Waals surface area contributed by atoms with E-state index in [4.69, 9.17) is 18.5 Å². The van der Waals surface area contributed by atoms with Crippen LogP contribution in [0.2, 0.25) is 0 Å². The standard InChI is InChI=1S/C80H132NO8P/c1-6-8-10-12-14-16-18-20-22-24-26-28-30-32-34-36-38-39-40-41-43-44-46-48-50-52-54-56-58-60-62-64-66-68-70-72-79(82)86-76-78(77-88-90(84,85)87-75-74-81(3,4)5)89-80(83)73-71-69-67-65-63-61-59-57-55-53-51-49-47-45-42-37-35-33-31-29-27-25-23-21-19-17-15-13-11-9-7-2/h8-11,14-17,20-23,26-29,32-35,38-39,42,45,49,51,55,57,78H,6-7,12-13,18-19,24-25,30-31,36-37,40-41,43-44,46-48,50,52-54,56,58-77H2,1-5H3/b10-8-,11-9-,16-14-,17-15-,22-20-,23-21-,28-26-,29-27-,34-32-,35-33-,39-38-,45-42-,51-49-,57-55-. The zero-order valence-corrected chi connectivity index (χ0v) is 58.9. The SMILES string of the molecule is CC/C=C\C/C=C\C/C=C\C/C=C\C/C=C\C/C=C\C/C=C\C/C=C\CCCCCCCCC(=O)OC(COC(=O)CCCCCCCCCCCCCCCCCC/C=C\C/C=C\C/C=C\C/C=C\C/C=C\C/C=C\CC)COP(=O)([O-])OCC[N+](C)(C)C. The molecule has 0 heterocycles. The lowest BCUT2D eigenvalue weighted by Gasteiger charge is -2.28. The molecule has 0 aliphatic carbocycles. The minimum absolute atomic E-state index is 0.0420. The molecule has 0 spiro atoms. The van der Waals surface area contributed by atoms with Gasteiger partial charge in [-0.25, -0.2) is 0 Å². The first-order chi connectivity index (χ1) is 44.0. The number of nitrogens with zero attached hydrogens (tertiary/aromatic N) is 1. The van der Waals surface area contributed by atoms with Gasteiger partial charge in [-0.15, -0.1) is 0 Å². The van der Waals surface area contributed by atoms with Crippen LogP contribution in [0.15, 0.2) is 170 Å². The summed E-state index contributed by atoms with van der Waals surface area (Å²) in [6.45, 7) is 3.99. The molecule has 2 unspecified atom stereocenters. The topological polar surface area (TPSA) is 111 Å². The van der Waals surface area contributed by atoms with Gasteiger partial charge >= 0.3 is 11.9 Å². The van der Waals surface area contributed by atoms with E-state index in [1.807, 2.05) is 21.1 Å². The Morgan fingerprint density at radius 2 is 0.600 bits per heavy atom. The molecule has 2 atom stereocenters. The third-order valence-corrected chi connectivity index (χ3v) is 15.7. The highest BCUT2D eigenvalue weighted by molar-refractivity contribution is 7.45.